The smallest absolute Gasteiger partial charge is 0.270 e. The van der Waals surface area contributed by atoms with Crippen LogP contribution in [0.1, 0.15) is 46.3 Å². The van der Waals surface area contributed by atoms with Gasteiger partial charge >= 0.3 is 0 Å². The Morgan fingerprint density at radius 2 is 1.85 bits per heavy atom. The lowest BCUT2D eigenvalue weighted by atomic mass is 9.59. The number of benzene rings is 2. The molecule has 2 aliphatic rings. The van der Waals surface area contributed by atoms with E-state index in [9.17, 15) is 9.59 Å². The van der Waals surface area contributed by atoms with Crippen LogP contribution in [-0.4, -0.2) is 28.9 Å². The van der Waals surface area contributed by atoms with E-state index < -0.39 is 5.54 Å². The Morgan fingerprint density at radius 1 is 1.09 bits per heavy atom. The van der Waals surface area contributed by atoms with Crippen LogP contribution < -0.4 is 16.4 Å². The molecule has 1 aromatic heterocycles. The molecule has 1 aliphatic carbocycles. The van der Waals surface area contributed by atoms with E-state index in [0.717, 1.165) is 11.1 Å². The molecule has 8 heteroatoms. The molecular formula is C26H24Cl2N4O2. The average Bonchev–Trinajstić information content (AvgIpc) is 3.16. The van der Waals surface area contributed by atoms with Gasteiger partial charge in [-0.2, -0.15) is 0 Å². The van der Waals surface area contributed by atoms with Crippen molar-refractivity contribution in [2.75, 3.05) is 12.3 Å². The van der Waals surface area contributed by atoms with E-state index in [1.165, 1.54) is 0 Å². The molecule has 3 aromatic rings. The molecule has 6 nitrogen and oxygen atoms in total. The monoisotopic (exact) mass is 494 g/mol. The van der Waals surface area contributed by atoms with Crippen molar-refractivity contribution in [1.82, 2.24) is 15.6 Å². The minimum atomic E-state index is -1.05. The summed E-state index contributed by atoms with van der Waals surface area (Å²) in [5.74, 6) is -0.763. The minimum absolute atomic E-state index is 0.0380. The van der Waals surface area contributed by atoms with Gasteiger partial charge < -0.3 is 16.4 Å². The summed E-state index contributed by atoms with van der Waals surface area (Å²) in [5.41, 5.74) is 8.30. The van der Waals surface area contributed by atoms with Crippen molar-refractivity contribution in [2.45, 2.75) is 30.2 Å². The number of amides is 2. The highest BCUT2D eigenvalue weighted by Crippen LogP contribution is 2.54. The number of fused-ring (bicyclic) bond motifs is 1. The highest BCUT2D eigenvalue weighted by atomic mass is 35.5. The third-order valence-electron chi connectivity index (χ3n) is 7.17. The molecule has 4 N–H and O–H groups in total. The Balaban J connectivity index is 1.58. The standard InChI is InChI=1S/C26H24Cl2N4O2/c27-16-6-4-15(5-7-16)23-19(18-9-8-17(28)13-21(18)29)10-11-26(20(23)14-31-25(26)34)32-24(33)22-3-1-2-12-30-22/h1-9,12-13,19-20,23H,10-11,14,29H2,(H,31,34)(H,32,33)/t19-,20-,23-,26-/m0/s1. The van der Waals surface area contributed by atoms with Crippen molar-refractivity contribution in [3.63, 3.8) is 0 Å². The molecule has 2 amide bonds. The zero-order chi connectivity index (χ0) is 23.9. The molecule has 1 saturated carbocycles. The molecule has 2 fully saturated rings. The Morgan fingerprint density at radius 3 is 2.56 bits per heavy atom. The summed E-state index contributed by atoms with van der Waals surface area (Å²) in [7, 11) is 0. The molecule has 2 aromatic carbocycles. The quantitative estimate of drug-likeness (QED) is 0.463. The van der Waals surface area contributed by atoms with Crippen LogP contribution in [0.15, 0.2) is 66.9 Å². The maximum atomic E-state index is 13.3. The number of nitrogens with zero attached hydrogens (tertiary/aromatic N) is 1. The van der Waals surface area contributed by atoms with Crippen LogP contribution in [0.4, 0.5) is 5.69 Å². The van der Waals surface area contributed by atoms with Crippen LogP contribution >= 0.6 is 23.2 Å². The lowest BCUT2D eigenvalue weighted by Gasteiger charge is -2.46. The van der Waals surface area contributed by atoms with E-state index in [2.05, 4.69) is 15.6 Å². The van der Waals surface area contributed by atoms with Gasteiger partial charge in [0.2, 0.25) is 5.91 Å². The van der Waals surface area contributed by atoms with Crippen molar-refractivity contribution in [2.24, 2.45) is 5.92 Å². The van der Waals surface area contributed by atoms with Crippen LogP contribution in [0.25, 0.3) is 0 Å². The molecule has 0 radical (unpaired) electrons. The molecule has 5 rings (SSSR count). The van der Waals surface area contributed by atoms with Crippen molar-refractivity contribution < 1.29 is 9.59 Å². The van der Waals surface area contributed by atoms with Gasteiger partial charge in [-0.25, -0.2) is 0 Å². The zero-order valence-corrected chi connectivity index (χ0v) is 19.8. The van der Waals surface area contributed by atoms with Gasteiger partial charge in [0.15, 0.2) is 0 Å². The molecular weight excluding hydrogens is 471 g/mol. The zero-order valence-electron chi connectivity index (χ0n) is 18.3. The second-order valence-electron chi connectivity index (χ2n) is 8.95. The van der Waals surface area contributed by atoms with Crippen molar-refractivity contribution in [3.8, 4) is 0 Å². The summed E-state index contributed by atoms with van der Waals surface area (Å²) in [6, 6.07) is 18.4. The number of carbonyl (C=O) groups excluding carboxylic acids is 2. The Labute approximate surface area is 207 Å². The number of carbonyl (C=O) groups is 2. The van der Waals surface area contributed by atoms with Gasteiger partial charge in [0.05, 0.1) is 0 Å². The molecule has 0 spiro atoms. The van der Waals surface area contributed by atoms with Gasteiger partial charge in [0, 0.05) is 34.4 Å². The predicted molar refractivity (Wildman–Crippen MR) is 133 cm³/mol. The fourth-order valence-electron chi connectivity index (χ4n) is 5.64. The Kier molecular flexibility index (Phi) is 5.96. The summed E-state index contributed by atoms with van der Waals surface area (Å²) in [6.07, 6.45) is 2.71. The third-order valence-corrected chi connectivity index (χ3v) is 7.66. The second-order valence-corrected chi connectivity index (χ2v) is 9.83. The Bertz CT molecular complexity index is 1240. The molecule has 34 heavy (non-hydrogen) atoms. The molecule has 0 bridgehead atoms. The number of nitrogens with two attached hydrogens (primary N) is 1. The van der Waals surface area contributed by atoms with Gasteiger partial charge in [0.1, 0.15) is 11.2 Å². The minimum Gasteiger partial charge on any atom is -0.398 e. The lowest BCUT2D eigenvalue weighted by molar-refractivity contribution is -0.126. The summed E-state index contributed by atoms with van der Waals surface area (Å²) in [4.78, 5) is 30.6. The molecule has 4 atom stereocenters. The summed E-state index contributed by atoms with van der Waals surface area (Å²) < 4.78 is 0. The van der Waals surface area contributed by atoms with Gasteiger partial charge in [-0.05, 0) is 72.2 Å². The number of nitrogens with one attached hydrogen (secondary N) is 2. The number of rotatable bonds is 4. The first-order valence-electron chi connectivity index (χ1n) is 11.2. The van der Waals surface area contributed by atoms with Crippen LogP contribution in [0, 0.1) is 5.92 Å². The molecule has 0 unspecified atom stereocenters. The van der Waals surface area contributed by atoms with Crippen molar-refractivity contribution in [1.29, 1.82) is 0 Å². The number of anilines is 1. The molecule has 1 saturated heterocycles. The third kappa shape index (κ3) is 3.91. The van der Waals surface area contributed by atoms with Gasteiger partial charge in [-0.3, -0.25) is 14.6 Å². The van der Waals surface area contributed by atoms with Crippen LogP contribution in [-0.2, 0) is 4.79 Å². The van der Waals surface area contributed by atoms with Crippen LogP contribution in [0.3, 0.4) is 0 Å². The van der Waals surface area contributed by atoms with Crippen LogP contribution in [0.2, 0.25) is 10.0 Å². The van der Waals surface area contributed by atoms with Gasteiger partial charge in [-0.1, -0.05) is 47.5 Å². The summed E-state index contributed by atoms with van der Waals surface area (Å²) in [6.45, 7) is 0.443. The fourth-order valence-corrected chi connectivity index (χ4v) is 5.94. The first-order valence-corrected chi connectivity index (χ1v) is 12.0. The highest BCUT2D eigenvalue weighted by molar-refractivity contribution is 6.31. The molecule has 2 heterocycles. The number of pyridine rings is 1. The number of aromatic nitrogens is 1. The second kappa shape index (κ2) is 8.93. The fraction of sp³-hybridized carbons (Fsp3) is 0.269. The van der Waals surface area contributed by atoms with Gasteiger partial charge in [0.25, 0.3) is 5.91 Å². The maximum absolute atomic E-state index is 13.3. The number of hydrogen-bond acceptors (Lipinski definition) is 4. The lowest BCUT2D eigenvalue weighted by Crippen LogP contribution is -2.60. The first kappa shape index (κ1) is 22.7. The van der Waals surface area contributed by atoms with Crippen molar-refractivity contribution in [3.05, 3.63) is 93.7 Å². The largest absolute Gasteiger partial charge is 0.398 e. The highest BCUT2D eigenvalue weighted by Gasteiger charge is 2.58. The number of nitrogen functional groups attached to an aromatic ring is 1. The summed E-state index contributed by atoms with van der Waals surface area (Å²) >= 11 is 12.3. The van der Waals surface area contributed by atoms with E-state index in [0.29, 0.717) is 35.1 Å². The topological polar surface area (TPSA) is 97.1 Å². The average molecular weight is 495 g/mol. The number of halogens is 2. The van der Waals surface area contributed by atoms with Gasteiger partial charge in [-0.15, -0.1) is 0 Å². The van der Waals surface area contributed by atoms with Crippen LogP contribution in [0.5, 0.6) is 0 Å². The van der Waals surface area contributed by atoms with E-state index >= 15 is 0 Å². The SMILES string of the molecule is Nc1cc(Cl)ccc1[C@@H]1CC[C@@]2(NC(=O)c3ccccn3)C(=O)NC[C@H]2[C@H]1c1ccc(Cl)cc1. The normalized spacial score (nSPS) is 25.9. The first-order chi connectivity index (χ1) is 16.4. The molecule has 174 valence electrons. The molecule has 1 aliphatic heterocycles. The summed E-state index contributed by atoms with van der Waals surface area (Å²) in [5, 5.41) is 7.30. The van der Waals surface area contributed by atoms with E-state index in [4.69, 9.17) is 28.9 Å². The number of hydrogen-bond donors (Lipinski definition) is 3. The van der Waals surface area contributed by atoms with E-state index in [-0.39, 0.29) is 35.3 Å². The van der Waals surface area contributed by atoms with E-state index in [1.807, 2.05) is 36.4 Å². The Hall–Kier alpha value is -3.09. The van der Waals surface area contributed by atoms with Crippen molar-refractivity contribution >= 4 is 40.7 Å². The predicted octanol–water partition coefficient (Wildman–Crippen LogP) is 4.55. The van der Waals surface area contributed by atoms with E-state index in [1.54, 1.807) is 30.5 Å². The maximum Gasteiger partial charge on any atom is 0.270 e.